The van der Waals surface area contributed by atoms with E-state index >= 15 is 0 Å². The van der Waals surface area contributed by atoms with Crippen molar-refractivity contribution in [2.45, 2.75) is 25.4 Å². The summed E-state index contributed by atoms with van der Waals surface area (Å²) in [4.78, 5) is 1.04. The number of hydrogen-bond acceptors (Lipinski definition) is 1. The van der Waals surface area contributed by atoms with Gasteiger partial charge >= 0.3 is 0 Å². The lowest BCUT2D eigenvalue weighted by Gasteiger charge is -2.10. The van der Waals surface area contributed by atoms with Crippen molar-refractivity contribution in [2.24, 2.45) is 0 Å². The molecule has 0 N–H and O–H groups in total. The number of alkyl halides is 1. The van der Waals surface area contributed by atoms with Crippen LogP contribution >= 0.6 is 12.6 Å². The summed E-state index contributed by atoms with van der Waals surface area (Å²) in [6.45, 7) is 0. The molecule has 0 nitrogen and oxygen atoms in total. The van der Waals surface area contributed by atoms with Crippen molar-refractivity contribution in [2.75, 3.05) is 0 Å². The topological polar surface area (TPSA) is 0 Å². The van der Waals surface area contributed by atoms with Crippen LogP contribution in [0.3, 0.4) is 0 Å². The highest BCUT2D eigenvalue weighted by Gasteiger charge is 2.09. The van der Waals surface area contributed by atoms with E-state index in [9.17, 15) is 4.39 Å². The molecule has 1 aliphatic carbocycles. The Balaban J connectivity index is 2.42. The summed E-state index contributed by atoms with van der Waals surface area (Å²) < 4.78 is 12.3. The molecule has 0 aromatic carbocycles. The monoisotopic (exact) mass is 132 g/mol. The van der Waals surface area contributed by atoms with Gasteiger partial charge in [0, 0.05) is 0 Å². The maximum absolute atomic E-state index is 12.3. The molecule has 0 bridgehead atoms. The van der Waals surface area contributed by atoms with Crippen molar-refractivity contribution in [3.63, 3.8) is 0 Å². The van der Waals surface area contributed by atoms with Crippen LogP contribution in [0.5, 0.6) is 0 Å². The molecular weight excluding hydrogens is 123 g/mol. The van der Waals surface area contributed by atoms with E-state index in [0.29, 0.717) is 12.8 Å². The Morgan fingerprint density at radius 3 is 2.88 bits per heavy atom. The fourth-order valence-electron chi connectivity index (χ4n) is 0.788. The molecule has 0 fully saturated rings. The summed E-state index contributed by atoms with van der Waals surface area (Å²) in [5.74, 6) is 0. The van der Waals surface area contributed by atoms with Crippen LogP contribution in [0.2, 0.25) is 0 Å². The highest BCUT2D eigenvalue weighted by Crippen LogP contribution is 2.21. The number of halogens is 1. The summed E-state index contributed by atoms with van der Waals surface area (Å²) in [5.41, 5.74) is 0. The van der Waals surface area contributed by atoms with Gasteiger partial charge in [0.25, 0.3) is 0 Å². The van der Waals surface area contributed by atoms with Crippen LogP contribution in [-0.4, -0.2) is 6.17 Å². The van der Waals surface area contributed by atoms with E-state index in [-0.39, 0.29) is 0 Å². The number of allylic oxidation sites excluding steroid dienone is 2. The third-order valence-electron chi connectivity index (χ3n) is 1.32. The lowest BCUT2D eigenvalue weighted by molar-refractivity contribution is 0.310. The number of hydrogen-bond donors (Lipinski definition) is 1. The lowest BCUT2D eigenvalue weighted by atomic mass is 10.1. The highest BCUT2D eigenvalue weighted by atomic mass is 32.1. The summed E-state index contributed by atoms with van der Waals surface area (Å²) >= 11 is 4.10. The predicted molar refractivity (Wildman–Crippen MR) is 35.8 cm³/mol. The summed E-state index contributed by atoms with van der Waals surface area (Å²) in [7, 11) is 0. The fourth-order valence-corrected chi connectivity index (χ4v) is 1.02. The molecule has 0 saturated carbocycles. The van der Waals surface area contributed by atoms with Crippen LogP contribution in [-0.2, 0) is 0 Å². The quantitative estimate of drug-likeness (QED) is 0.480. The van der Waals surface area contributed by atoms with Crippen LogP contribution in [0.4, 0.5) is 4.39 Å². The van der Waals surface area contributed by atoms with Crippen molar-refractivity contribution >= 4 is 12.6 Å². The van der Waals surface area contributed by atoms with E-state index in [4.69, 9.17) is 0 Å². The standard InChI is InChI=1S/C6H9FS/c7-5-1-3-6(8)4-2-5/h3,5,8H,1-2,4H2/t5-/m1/s1. The molecular formula is C6H9FS. The molecule has 0 saturated heterocycles. The van der Waals surface area contributed by atoms with Gasteiger partial charge < -0.3 is 0 Å². The minimum Gasteiger partial charge on any atom is -0.247 e. The second kappa shape index (κ2) is 2.53. The maximum Gasteiger partial charge on any atom is 0.104 e. The molecule has 0 heterocycles. The molecule has 1 rings (SSSR count). The molecule has 46 valence electrons. The number of thiol groups is 1. The molecule has 1 atom stereocenters. The first-order chi connectivity index (χ1) is 3.79. The molecule has 8 heavy (non-hydrogen) atoms. The van der Waals surface area contributed by atoms with E-state index in [2.05, 4.69) is 12.6 Å². The Labute approximate surface area is 54.2 Å². The van der Waals surface area contributed by atoms with Crippen molar-refractivity contribution in [1.29, 1.82) is 0 Å². The largest absolute Gasteiger partial charge is 0.247 e. The Hall–Kier alpha value is 0.0200. The average Bonchev–Trinajstić information content (AvgIpc) is 1.77. The van der Waals surface area contributed by atoms with Crippen molar-refractivity contribution in [1.82, 2.24) is 0 Å². The van der Waals surface area contributed by atoms with Crippen LogP contribution in [0.25, 0.3) is 0 Å². The molecule has 0 aromatic rings. The minimum absolute atomic E-state index is 0.568. The van der Waals surface area contributed by atoms with Gasteiger partial charge in [-0.25, -0.2) is 4.39 Å². The Kier molecular flexibility index (Phi) is 1.95. The van der Waals surface area contributed by atoms with Gasteiger partial charge in [0.15, 0.2) is 0 Å². The second-order valence-corrected chi connectivity index (χ2v) is 2.64. The normalized spacial score (nSPS) is 29.8. The Morgan fingerprint density at radius 2 is 2.50 bits per heavy atom. The third-order valence-corrected chi connectivity index (χ3v) is 1.73. The van der Waals surface area contributed by atoms with E-state index in [0.717, 1.165) is 11.3 Å². The SMILES string of the molecule is F[C@@H]1CC=C(S)CC1. The van der Waals surface area contributed by atoms with Crippen molar-refractivity contribution in [3.8, 4) is 0 Å². The zero-order valence-electron chi connectivity index (χ0n) is 4.60. The molecule has 0 unspecified atom stereocenters. The zero-order valence-corrected chi connectivity index (χ0v) is 5.50. The van der Waals surface area contributed by atoms with Gasteiger partial charge in [-0.1, -0.05) is 6.08 Å². The van der Waals surface area contributed by atoms with E-state index in [1.54, 1.807) is 0 Å². The minimum atomic E-state index is -0.606. The second-order valence-electron chi connectivity index (χ2n) is 2.07. The zero-order chi connectivity index (χ0) is 5.98. The van der Waals surface area contributed by atoms with E-state index < -0.39 is 6.17 Å². The van der Waals surface area contributed by atoms with Gasteiger partial charge in [0.1, 0.15) is 6.17 Å². The van der Waals surface area contributed by atoms with Crippen molar-refractivity contribution < 1.29 is 4.39 Å². The van der Waals surface area contributed by atoms with Crippen molar-refractivity contribution in [3.05, 3.63) is 11.0 Å². The molecule has 0 aromatic heterocycles. The molecule has 0 aliphatic heterocycles. The Morgan fingerprint density at radius 1 is 1.75 bits per heavy atom. The van der Waals surface area contributed by atoms with Gasteiger partial charge in [-0.2, -0.15) is 0 Å². The van der Waals surface area contributed by atoms with Crippen LogP contribution in [0.15, 0.2) is 11.0 Å². The van der Waals surface area contributed by atoms with Crippen LogP contribution in [0.1, 0.15) is 19.3 Å². The van der Waals surface area contributed by atoms with Gasteiger partial charge in [-0.3, -0.25) is 0 Å². The fraction of sp³-hybridized carbons (Fsp3) is 0.667. The molecule has 0 radical (unpaired) electrons. The molecule has 0 amide bonds. The predicted octanol–water partition coefficient (Wildman–Crippen LogP) is 2.32. The Bertz CT molecular complexity index is 109. The summed E-state index contributed by atoms with van der Waals surface area (Å²) in [5, 5.41) is 0. The highest BCUT2D eigenvalue weighted by molar-refractivity contribution is 7.84. The first kappa shape index (κ1) is 6.14. The van der Waals surface area contributed by atoms with Gasteiger partial charge in [-0.05, 0) is 24.2 Å². The molecule has 1 aliphatic rings. The first-order valence-corrected chi connectivity index (χ1v) is 3.26. The van der Waals surface area contributed by atoms with Gasteiger partial charge in [-0.15, -0.1) is 12.6 Å². The summed E-state index contributed by atoms with van der Waals surface area (Å²) in [6, 6.07) is 0. The maximum atomic E-state index is 12.3. The number of rotatable bonds is 0. The summed E-state index contributed by atoms with van der Waals surface area (Å²) in [6.07, 6.45) is 3.31. The van der Waals surface area contributed by atoms with E-state index in [1.165, 1.54) is 0 Å². The molecule has 2 heteroatoms. The molecule has 0 spiro atoms. The van der Waals surface area contributed by atoms with Gasteiger partial charge in [0.05, 0.1) is 0 Å². The smallest absolute Gasteiger partial charge is 0.104 e. The third kappa shape index (κ3) is 1.51. The lowest BCUT2D eigenvalue weighted by Crippen LogP contribution is -2.02. The first-order valence-electron chi connectivity index (χ1n) is 2.81. The van der Waals surface area contributed by atoms with Crippen LogP contribution in [0, 0.1) is 0 Å². The van der Waals surface area contributed by atoms with E-state index in [1.807, 2.05) is 6.08 Å². The van der Waals surface area contributed by atoms with Gasteiger partial charge in [0.2, 0.25) is 0 Å². The van der Waals surface area contributed by atoms with Crippen LogP contribution < -0.4 is 0 Å². The average molecular weight is 132 g/mol.